The van der Waals surface area contributed by atoms with Crippen LogP contribution in [0.3, 0.4) is 0 Å². The molecule has 3 heteroatoms. The lowest BCUT2D eigenvalue weighted by Crippen LogP contribution is -2.11. The van der Waals surface area contributed by atoms with Crippen LogP contribution in [0.2, 0.25) is 0 Å². The van der Waals surface area contributed by atoms with Crippen LogP contribution in [-0.4, -0.2) is 12.5 Å². The van der Waals surface area contributed by atoms with Gasteiger partial charge in [0.15, 0.2) is 0 Å². The SMILES string of the molecule is N=C(/C=C\N)OCCC(C1CC1)C1CC1. The molecule has 2 aliphatic rings. The highest BCUT2D eigenvalue weighted by atomic mass is 16.5. The van der Waals surface area contributed by atoms with Gasteiger partial charge in [-0.2, -0.15) is 0 Å². The summed E-state index contributed by atoms with van der Waals surface area (Å²) in [7, 11) is 0. The summed E-state index contributed by atoms with van der Waals surface area (Å²) in [5.41, 5.74) is 5.18. The first-order chi connectivity index (χ1) is 7.31. The first-order valence-corrected chi connectivity index (χ1v) is 5.91. The molecule has 2 fully saturated rings. The normalized spacial score (nSPS) is 21.1. The number of hydrogen-bond acceptors (Lipinski definition) is 3. The van der Waals surface area contributed by atoms with Crippen molar-refractivity contribution in [3.63, 3.8) is 0 Å². The van der Waals surface area contributed by atoms with E-state index < -0.39 is 0 Å². The van der Waals surface area contributed by atoms with Gasteiger partial charge in [-0.25, -0.2) is 0 Å². The van der Waals surface area contributed by atoms with Crippen molar-refractivity contribution in [2.24, 2.45) is 23.5 Å². The van der Waals surface area contributed by atoms with Crippen molar-refractivity contribution < 1.29 is 4.74 Å². The molecular formula is C12H20N2O. The van der Waals surface area contributed by atoms with E-state index in [0.717, 1.165) is 24.2 Å². The fourth-order valence-electron chi connectivity index (χ4n) is 2.35. The van der Waals surface area contributed by atoms with Crippen LogP contribution in [0.4, 0.5) is 0 Å². The highest BCUT2D eigenvalue weighted by molar-refractivity contribution is 5.84. The summed E-state index contributed by atoms with van der Waals surface area (Å²) in [6.07, 6.45) is 9.63. The fourth-order valence-corrected chi connectivity index (χ4v) is 2.35. The Morgan fingerprint density at radius 3 is 2.40 bits per heavy atom. The molecule has 0 aromatic rings. The summed E-state index contributed by atoms with van der Waals surface area (Å²) in [5, 5.41) is 7.39. The predicted molar refractivity (Wildman–Crippen MR) is 60.6 cm³/mol. The van der Waals surface area contributed by atoms with Gasteiger partial charge in [0.25, 0.3) is 0 Å². The van der Waals surface area contributed by atoms with E-state index in [1.807, 2.05) is 0 Å². The van der Waals surface area contributed by atoms with Crippen molar-refractivity contribution in [1.29, 1.82) is 5.41 Å². The van der Waals surface area contributed by atoms with E-state index in [-0.39, 0.29) is 5.90 Å². The Morgan fingerprint density at radius 1 is 1.33 bits per heavy atom. The van der Waals surface area contributed by atoms with Crippen LogP contribution in [0.1, 0.15) is 32.1 Å². The molecule has 0 aliphatic heterocycles. The van der Waals surface area contributed by atoms with Crippen LogP contribution >= 0.6 is 0 Å². The molecule has 0 amide bonds. The van der Waals surface area contributed by atoms with Crippen molar-refractivity contribution >= 4 is 5.90 Å². The van der Waals surface area contributed by atoms with Crippen molar-refractivity contribution in [3.05, 3.63) is 12.3 Å². The quantitative estimate of drug-likeness (QED) is 0.519. The smallest absolute Gasteiger partial charge is 0.207 e. The van der Waals surface area contributed by atoms with Crippen molar-refractivity contribution in [2.45, 2.75) is 32.1 Å². The Hall–Kier alpha value is -0.990. The number of nitrogens with one attached hydrogen (secondary N) is 1. The second-order valence-corrected chi connectivity index (χ2v) is 4.70. The van der Waals surface area contributed by atoms with Gasteiger partial charge in [0.1, 0.15) is 0 Å². The summed E-state index contributed by atoms with van der Waals surface area (Å²) in [5.74, 6) is 3.00. The Balaban J connectivity index is 1.64. The summed E-state index contributed by atoms with van der Waals surface area (Å²) >= 11 is 0. The zero-order valence-corrected chi connectivity index (χ0v) is 9.11. The molecule has 0 unspecified atom stereocenters. The van der Waals surface area contributed by atoms with E-state index in [0.29, 0.717) is 6.61 Å². The minimum absolute atomic E-state index is 0.183. The summed E-state index contributed by atoms with van der Waals surface area (Å²) < 4.78 is 5.29. The van der Waals surface area contributed by atoms with E-state index in [9.17, 15) is 0 Å². The molecule has 0 aromatic heterocycles. The lowest BCUT2D eigenvalue weighted by atomic mass is 9.95. The molecule has 0 saturated heterocycles. The summed E-state index contributed by atoms with van der Waals surface area (Å²) in [6.45, 7) is 0.681. The lowest BCUT2D eigenvalue weighted by Gasteiger charge is -2.15. The van der Waals surface area contributed by atoms with Crippen molar-refractivity contribution in [3.8, 4) is 0 Å². The second kappa shape index (κ2) is 4.69. The van der Waals surface area contributed by atoms with Crippen LogP contribution in [0.15, 0.2) is 12.3 Å². The maximum Gasteiger partial charge on any atom is 0.207 e. The Kier molecular flexibility index (Phi) is 3.29. The molecule has 0 bridgehead atoms. The Morgan fingerprint density at radius 2 is 1.93 bits per heavy atom. The van der Waals surface area contributed by atoms with E-state index >= 15 is 0 Å². The monoisotopic (exact) mass is 208 g/mol. The van der Waals surface area contributed by atoms with Crippen molar-refractivity contribution in [1.82, 2.24) is 0 Å². The van der Waals surface area contributed by atoms with Gasteiger partial charge in [0.05, 0.1) is 6.61 Å². The number of ether oxygens (including phenoxy) is 1. The van der Waals surface area contributed by atoms with Gasteiger partial charge in [-0.05, 0) is 56.1 Å². The van der Waals surface area contributed by atoms with Crippen LogP contribution in [-0.2, 0) is 4.74 Å². The topological polar surface area (TPSA) is 59.1 Å². The van der Waals surface area contributed by atoms with E-state index in [1.165, 1.54) is 38.0 Å². The van der Waals surface area contributed by atoms with E-state index in [4.69, 9.17) is 15.9 Å². The molecule has 0 heterocycles. The van der Waals surface area contributed by atoms with Gasteiger partial charge in [0, 0.05) is 6.08 Å². The first kappa shape index (κ1) is 10.5. The third kappa shape index (κ3) is 3.26. The predicted octanol–water partition coefficient (Wildman–Crippen LogP) is 2.28. The standard InChI is InChI=1S/C12H20N2O/c13-7-5-12(14)15-8-6-11(9-1-2-9)10-3-4-10/h5,7,9-11,14H,1-4,6,8,13H2/b7-5-,14-12?. The molecule has 15 heavy (non-hydrogen) atoms. The van der Waals surface area contributed by atoms with Crippen LogP contribution < -0.4 is 5.73 Å². The number of nitrogens with two attached hydrogens (primary N) is 1. The third-order valence-electron chi connectivity index (χ3n) is 3.41. The zero-order chi connectivity index (χ0) is 10.7. The largest absolute Gasteiger partial charge is 0.478 e. The fraction of sp³-hybridized carbons (Fsp3) is 0.750. The van der Waals surface area contributed by atoms with Gasteiger partial charge in [0.2, 0.25) is 5.90 Å². The maximum absolute atomic E-state index is 7.39. The average Bonchev–Trinajstić information content (AvgIpc) is 3.03. The second-order valence-electron chi connectivity index (χ2n) is 4.70. The van der Waals surface area contributed by atoms with Crippen LogP contribution in [0.25, 0.3) is 0 Å². The Labute approximate surface area is 91.2 Å². The van der Waals surface area contributed by atoms with Crippen LogP contribution in [0, 0.1) is 23.2 Å². The molecule has 2 saturated carbocycles. The molecule has 3 nitrogen and oxygen atoms in total. The van der Waals surface area contributed by atoms with Crippen LogP contribution in [0.5, 0.6) is 0 Å². The molecule has 0 radical (unpaired) electrons. The minimum atomic E-state index is 0.183. The molecule has 2 rings (SSSR count). The van der Waals surface area contributed by atoms with Crippen molar-refractivity contribution in [2.75, 3.05) is 6.61 Å². The molecule has 3 N–H and O–H groups in total. The molecule has 2 aliphatic carbocycles. The molecule has 0 atom stereocenters. The van der Waals surface area contributed by atoms with E-state index in [1.54, 1.807) is 0 Å². The summed E-state index contributed by atoms with van der Waals surface area (Å²) in [6, 6.07) is 0. The number of rotatable bonds is 6. The highest BCUT2D eigenvalue weighted by Gasteiger charge is 2.40. The van der Waals surface area contributed by atoms with E-state index in [2.05, 4.69) is 0 Å². The summed E-state index contributed by atoms with van der Waals surface area (Å²) in [4.78, 5) is 0. The molecule has 84 valence electrons. The van der Waals surface area contributed by atoms with Gasteiger partial charge in [-0.1, -0.05) is 0 Å². The van der Waals surface area contributed by atoms with Gasteiger partial charge in [-0.3, -0.25) is 5.41 Å². The first-order valence-electron chi connectivity index (χ1n) is 5.91. The molecular weight excluding hydrogens is 188 g/mol. The third-order valence-corrected chi connectivity index (χ3v) is 3.41. The maximum atomic E-state index is 7.39. The average molecular weight is 208 g/mol. The minimum Gasteiger partial charge on any atom is -0.478 e. The van der Waals surface area contributed by atoms with Gasteiger partial charge in [-0.15, -0.1) is 0 Å². The van der Waals surface area contributed by atoms with Gasteiger partial charge < -0.3 is 10.5 Å². The highest BCUT2D eigenvalue weighted by Crippen LogP contribution is 2.50. The molecule has 0 aromatic carbocycles. The van der Waals surface area contributed by atoms with Gasteiger partial charge >= 0.3 is 0 Å². The zero-order valence-electron chi connectivity index (χ0n) is 9.11. The Bertz CT molecular complexity index is 242. The lowest BCUT2D eigenvalue weighted by molar-refractivity contribution is 0.242. The number of hydrogen-bond donors (Lipinski definition) is 2. The molecule has 0 spiro atoms.